The van der Waals surface area contributed by atoms with Crippen molar-refractivity contribution in [3.8, 4) is 6.07 Å². The molecule has 1 atom stereocenters. The van der Waals surface area contributed by atoms with Gasteiger partial charge in [0.2, 0.25) is 0 Å². The van der Waals surface area contributed by atoms with Gasteiger partial charge < -0.3 is 10.8 Å². The molecule has 0 bridgehead atoms. The van der Waals surface area contributed by atoms with Gasteiger partial charge in [-0.2, -0.15) is 5.26 Å². The van der Waals surface area contributed by atoms with E-state index in [0.29, 0.717) is 5.56 Å². The third-order valence-corrected chi connectivity index (χ3v) is 1.74. The van der Waals surface area contributed by atoms with E-state index >= 15 is 0 Å². The number of aliphatic hydroxyl groups excluding tert-OH is 1. The fourth-order valence-electron chi connectivity index (χ4n) is 0.965. The van der Waals surface area contributed by atoms with E-state index in [2.05, 4.69) is 0 Å². The van der Waals surface area contributed by atoms with Crippen molar-refractivity contribution in [1.82, 2.24) is 0 Å². The van der Waals surface area contributed by atoms with Crippen LogP contribution in [0.5, 0.6) is 0 Å². The average molecular weight is 217 g/mol. The van der Waals surface area contributed by atoms with Crippen LogP contribution >= 0.6 is 12.4 Å². The van der Waals surface area contributed by atoms with Gasteiger partial charge >= 0.3 is 0 Å². The number of nitrogens with zero attached hydrogens (tertiary/aromatic N) is 1. The Morgan fingerprint density at radius 2 is 2.21 bits per heavy atom. The molecule has 0 aromatic heterocycles. The highest BCUT2D eigenvalue weighted by molar-refractivity contribution is 5.85. The van der Waals surface area contributed by atoms with Crippen LogP contribution in [0.4, 0.5) is 4.39 Å². The summed E-state index contributed by atoms with van der Waals surface area (Å²) < 4.78 is 12.8. The molecule has 0 aliphatic rings. The topological polar surface area (TPSA) is 70.0 Å². The van der Waals surface area contributed by atoms with Crippen molar-refractivity contribution < 1.29 is 9.50 Å². The molecule has 1 aromatic carbocycles. The second-order valence-electron chi connectivity index (χ2n) is 2.64. The number of aliphatic hydroxyl groups is 1. The standard InChI is InChI=1S/C9H9FN2O.ClH/c10-8-2-1-6(9(12)5-13)3-7(8)4-11;/h1-3,9,13H,5,12H2;1H/t9-;/m0./s1. The van der Waals surface area contributed by atoms with Gasteiger partial charge in [0.25, 0.3) is 0 Å². The number of hydrogen-bond donors (Lipinski definition) is 2. The van der Waals surface area contributed by atoms with Gasteiger partial charge in [0.15, 0.2) is 0 Å². The number of nitriles is 1. The third-order valence-electron chi connectivity index (χ3n) is 1.74. The monoisotopic (exact) mass is 216 g/mol. The number of rotatable bonds is 2. The minimum Gasteiger partial charge on any atom is -0.394 e. The van der Waals surface area contributed by atoms with Crippen LogP contribution in [0.3, 0.4) is 0 Å². The Balaban J connectivity index is 0.00000169. The van der Waals surface area contributed by atoms with E-state index < -0.39 is 11.9 Å². The summed E-state index contributed by atoms with van der Waals surface area (Å²) in [6, 6.07) is 5.11. The highest BCUT2D eigenvalue weighted by Gasteiger charge is 2.07. The van der Waals surface area contributed by atoms with Crippen LogP contribution in [0.15, 0.2) is 18.2 Å². The molecule has 3 nitrogen and oxygen atoms in total. The van der Waals surface area contributed by atoms with Gasteiger partial charge in [0.1, 0.15) is 11.9 Å². The normalized spacial score (nSPS) is 11.3. The first-order valence-electron chi connectivity index (χ1n) is 3.75. The van der Waals surface area contributed by atoms with Crippen LogP contribution in [0.2, 0.25) is 0 Å². The highest BCUT2D eigenvalue weighted by Crippen LogP contribution is 2.14. The first-order chi connectivity index (χ1) is 6.19. The lowest BCUT2D eigenvalue weighted by Gasteiger charge is -2.08. The second-order valence-corrected chi connectivity index (χ2v) is 2.64. The predicted octanol–water partition coefficient (Wildman–Crippen LogP) is 1.11. The predicted molar refractivity (Wildman–Crippen MR) is 52.4 cm³/mol. The van der Waals surface area contributed by atoms with Crippen LogP contribution in [0.1, 0.15) is 17.2 Å². The number of halogens is 2. The minimum atomic E-state index is -0.573. The van der Waals surface area contributed by atoms with E-state index in [0.717, 1.165) is 0 Å². The van der Waals surface area contributed by atoms with Crippen molar-refractivity contribution in [2.75, 3.05) is 6.61 Å². The molecular weight excluding hydrogens is 207 g/mol. The van der Waals surface area contributed by atoms with Gasteiger partial charge in [-0.1, -0.05) is 6.07 Å². The van der Waals surface area contributed by atoms with Crippen molar-refractivity contribution in [1.29, 1.82) is 5.26 Å². The quantitative estimate of drug-likeness (QED) is 0.778. The molecule has 1 aromatic rings. The van der Waals surface area contributed by atoms with Crippen molar-refractivity contribution in [3.63, 3.8) is 0 Å². The summed E-state index contributed by atoms with van der Waals surface area (Å²) in [7, 11) is 0. The molecule has 0 saturated heterocycles. The van der Waals surface area contributed by atoms with Crippen molar-refractivity contribution in [3.05, 3.63) is 35.1 Å². The molecule has 76 valence electrons. The fraction of sp³-hybridized carbons (Fsp3) is 0.222. The van der Waals surface area contributed by atoms with Crippen LogP contribution in [0, 0.1) is 17.1 Å². The summed E-state index contributed by atoms with van der Waals surface area (Å²) >= 11 is 0. The summed E-state index contributed by atoms with van der Waals surface area (Å²) in [5.74, 6) is -0.573. The Hall–Kier alpha value is -1.15. The zero-order chi connectivity index (χ0) is 9.84. The van der Waals surface area contributed by atoms with E-state index in [1.807, 2.05) is 0 Å². The summed E-state index contributed by atoms with van der Waals surface area (Å²) in [6.07, 6.45) is 0. The molecule has 0 aliphatic heterocycles. The lowest BCUT2D eigenvalue weighted by Crippen LogP contribution is -2.14. The molecule has 0 radical (unpaired) electrons. The van der Waals surface area contributed by atoms with Gasteiger partial charge in [0, 0.05) is 0 Å². The fourth-order valence-corrected chi connectivity index (χ4v) is 0.965. The Morgan fingerprint density at radius 1 is 1.57 bits per heavy atom. The molecule has 0 amide bonds. The van der Waals surface area contributed by atoms with E-state index in [9.17, 15) is 4.39 Å². The molecule has 5 heteroatoms. The van der Waals surface area contributed by atoms with E-state index in [1.165, 1.54) is 18.2 Å². The summed E-state index contributed by atoms with van der Waals surface area (Å²) in [5, 5.41) is 17.2. The molecule has 0 spiro atoms. The average Bonchev–Trinajstić information content (AvgIpc) is 2.17. The van der Waals surface area contributed by atoms with Crippen molar-refractivity contribution in [2.24, 2.45) is 5.73 Å². The van der Waals surface area contributed by atoms with E-state index in [4.69, 9.17) is 16.1 Å². The second kappa shape index (κ2) is 5.55. The van der Waals surface area contributed by atoms with Gasteiger partial charge in [-0.3, -0.25) is 0 Å². The van der Waals surface area contributed by atoms with Crippen LogP contribution in [-0.2, 0) is 0 Å². The third kappa shape index (κ3) is 2.67. The number of hydrogen-bond acceptors (Lipinski definition) is 3. The number of benzene rings is 1. The molecule has 0 unspecified atom stereocenters. The van der Waals surface area contributed by atoms with Gasteiger partial charge in [0.05, 0.1) is 18.2 Å². The summed E-state index contributed by atoms with van der Waals surface area (Å²) in [5.41, 5.74) is 5.99. The molecule has 0 fully saturated rings. The zero-order valence-electron chi connectivity index (χ0n) is 7.27. The molecule has 3 N–H and O–H groups in total. The van der Waals surface area contributed by atoms with Crippen LogP contribution in [-0.4, -0.2) is 11.7 Å². The summed E-state index contributed by atoms with van der Waals surface area (Å²) in [4.78, 5) is 0. The largest absolute Gasteiger partial charge is 0.394 e. The zero-order valence-corrected chi connectivity index (χ0v) is 8.09. The molecule has 1 rings (SSSR count). The van der Waals surface area contributed by atoms with Gasteiger partial charge in [-0.05, 0) is 17.7 Å². The Bertz CT molecular complexity index is 351. The first kappa shape index (κ1) is 12.8. The SMILES string of the molecule is Cl.N#Cc1cc([C@@H](N)CO)ccc1F. The smallest absolute Gasteiger partial charge is 0.140 e. The molecule has 0 aliphatic carbocycles. The summed E-state index contributed by atoms with van der Waals surface area (Å²) in [6.45, 7) is -0.226. The minimum absolute atomic E-state index is 0. The van der Waals surface area contributed by atoms with Gasteiger partial charge in [-0.25, -0.2) is 4.39 Å². The Labute approximate surface area is 87.4 Å². The lowest BCUT2D eigenvalue weighted by molar-refractivity contribution is 0.268. The molecule has 0 saturated carbocycles. The molecule has 14 heavy (non-hydrogen) atoms. The lowest BCUT2D eigenvalue weighted by atomic mass is 10.1. The van der Waals surface area contributed by atoms with E-state index in [1.54, 1.807) is 6.07 Å². The molecular formula is C9H10ClFN2O. The maximum Gasteiger partial charge on any atom is 0.140 e. The van der Waals surface area contributed by atoms with E-state index in [-0.39, 0.29) is 24.6 Å². The van der Waals surface area contributed by atoms with Crippen molar-refractivity contribution >= 4 is 12.4 Å². The molecule has 0 heterocycles. The van der Waals surface area contributed by atoms with Crippen LogP contribution in [0.25, 0.3) is 0 Å². The Kier molecular flexibility index (Phi) is 5.10. The van der Waals surface area contributed by atoms with Crippen LogP contribution < -0.4 is 5.73 Å². The van der Waals surface area contributed by atoms with Gasteiger partial charge in [-0.15, -0.1) is 12.4 Å². The maximum absolute atomic E-state index is 12.8. The maximum atomic E-state index is 12.8. The number of nitrogens with two attached hydrogens (primary N) is 1. The van der Waals surface area contributed by atoms with Crippen molar-refractivity contribution in [2.45, 2.75) is 6.04 Å². The Morgan fingerprint density at radius 3 is 2.71 bits per heavy atom. The first-order valence-corrected chi connectivity index (χ1v) is 3.75. The highest BCUT2D eigenvalue weighted by atomic mass is 35.5.